The highest BCUT2D eigenvalue weighted by molar-refractivity contribution is 6.01. The number of anilines is 2. The molecule has 2 aromatic carbocycles. The van der Waals surface area contributed by atoms with Crippen molar-refractivity contribution in [3.63, 3.8) is 0 Å². The fourth-order valence-electron chi connectivity index (χ4n) is 5.17. The predicted molar refractivity (Wildman–Crippen MR) is 138 cm³/mol. The Kier molecular flexibility index (Phi) is 5.82. The third kappa shape index (κ3) is 4.15. The standard InChI is InChI=1S/C27H26N6O5/c1-36-22-5-3-4-17-23(37-2)13-19(31-24(17)22)25(35)33-10-8-27(9-11-33)14-20(34)18-12-16(6-7-21(18)38-27)30-26-28-15-29-32-26/h3-7,12-13,15H,8-11,14H2,1-2H3,(H2,28,29,30,32). The van der Waals surface area contributed by atoms with Gasteiger partial charge >= 0.3 is 0 Å². The van der Waals surface area contributed by atoms with Gasteiger partial charge in [-0.15, -0.1) is 0 Å². The lowest BCUT2D eigenvalue weighted by Crippen LogP contribution is -2.52. The third-order valence-electron chi connectivity index (χ3n) is 7.15. The van der Waals surface area contributed by atoms with Crippen molar-refractivity contribution in [3.8, 4) is 17.2 Å². The second-order valence-electron chi connectivity index (χ2n) is 9.41. The van der Waals surface area contributed by atoms with Crippen LogP contribution in [0.5, 0.6) is 17.2 Å². The van der Waals surface area contributed by atoms with Crippen LogP contribution in [0.15, 0.2) is 48.8 Å². The normalized spacial score (nSPS) is 16.2. The maximum absolute atomic E-state index is 13.5. The molecule has 11 heteroatoms. The zero-order valence-corrected chi connectivity index (χ0v) is 21.0. The Hall–Kier alpha value is -4.67. The van der Waals surface area contributed by atoms with E-state index in [4.69, 9.17) is 14.2 Å². The van der Waals surface area contributed by atoms with Gasteiger partial charge in [0, 0.05) is 43.1 Å². The number of carbonyl (C=O) groups excluding carboxylic acids is 2. The Morgan fingerprint density at radius 2 is 1.92 bits per heavy atom. The Bertz CT molecular complexity index is 1530. The minimum absolute atomic E-state index is 0.0141. The van der Waals surface area contributed by atoms with Gasteiger partial charge in [0.05, 0.1) is 26.2 Å². The Balaban J connectivity index is 1.19. The average molecular weight is 515 g/mol. The van der Waals surface area contributed by atoms with Crippen LogP contribution in [-0.4, -0.2) is 69.7 Å². The van der Waals surface area contributed by atoms with E-state index in [1.54, 1.807) is 43.4 Å². The number of amides is 1. The summed E-state index contributed by atoms with van der Waals surface area (Å²) in [5.41, 5.74) is 1.45. The number of benzene rings is 2. The molecular formula is C27H26N6O5. The molecule has 0 aliphatic carbocycles. The van der Waals surface area contributed by atoms with Crippen LogP contribution < -0.4 is 19.5 Å². The molecule has 38 heavy (non-hydrogen) atoms. The smallest absolute Gasteiger partial charge is 0.272 e. The van der Waals surface area contributed by atoms with E-state index in [1.165, 1.54) is 6.33 Å². The van der Waals surface area contributed by atoms with Gasteiger partial charge in [0.15, 0.2) is 5.78 Å². The first-order valence-corrected chi connectivity index (χ1v) is 12.3. The molecule has 0 atom stereocenters. The average Bonchev–Trinajstić information content (AvgIpc) is 3.45. The first kappa shape index (κ1) is 23.7. The number of nitrogens with zero attached hydrogens (tertiary/aromatic N) is 4. The van der Waals surface area contributed by atoms with Crippen LogP contribution in [0.3, 0.4) is 0 Å². The summed E-state index contributed by atoms with van der Waals surface area (Å²) >= 11 is 0. The number of pyridine rings is 1. The Morgan fingerprint density at radius 3 is 2.66 bits per heavy atom. The summed E-state index contributed by atoms with van der Waals surface area (Å²) in [5, 5.41) is 10.4. The number of para-hydroxylation sites is 1. The van der Waals surface area contributed by atoms with Gasteiger partial charge in [-0.3, -0.25) is 9.59 Å². The molecule has 2 N–H and O–H groups in total. The van der Waals surface area contributed by atoms with Crippen molar-refractivity contribution < 1.29 is 23.8 Å². The molecule has 194 valence electrons. The predicted octanol–water partition coefficient (Wildman–Crippen LogP) is 3.75. The van der Waals surface area contributed by atoms with Gasteiger partial charge in [-0.05, 0) is 30.3 Å². The van der Waals surface area contributed by atoms with Crippen molar-refractivity contribution in [2.75, 3.05) is 32.6 Å². The second kappa shape index (κ2) is 9.33. The van der Waals surface area contributed by atoms with Gasteiger partial charge in [0.1, 0.15) is 40.4 Å². The number of ketones is 1. The summed E-state index contributed by atoms with van der Waals surface area (Å²) in [5.74, 6) is 1.98. The van der Waals surface area contributed by atoms with Crippen molar-refractivity contribution in [1.82, 2.24) is 25.1 Å². The molecule has 0 saturated carbocycles. The SMILES string of the molecule is COc1cc(C(=O)N2CCC3(CC2)CC(=O)c2cc(Nc4ncn[nH]4)ccc2O3)nc2c(OC)cccc12. The molecule has 2 aliphatic heterocycles. The topological polar surface area (TPSA) is 132 Å². The molecule has 0 bridgehead atoms. The van der Waals surface area contributed by atoms with E-state index in [9.17, 15) is 9.59 Å². The summed E-state index contributed by atoms with van der Waals surface area (Å²) in [7, 11) is 3.13. The first-order chi connectivity index (χ1) is 18.5. The molecule has 1 fully saturated rings. The van der Waals surface area contributed by atoms with Gasteiger partial charge < -0.3 is 24.4 Å². The molecule has 1 amide bonds. The van der Waals surface area contributed by atoms with Gasteiger partial charge in [0.25, 0.3) is 5.91 Å². The monoisotopic (exact) mass is 514 g/mol. The van der Waals surface area contributed by atoms with Gasteiger partial charge in [0.2, 0.25) is 5.95 Å². The number of aromatic amines is 1. The minimum atomic E-state index is -0.640. The fraction of sp³-hybridized carbons (Fsp3) is 0.296. The molecule has 0 unspecified atom stereocenters. The van der Waals surface area contributed by atoms with E-state index in [1.807, 2.05) is 18.2 Å². The zero-order chi connectivity index (χ0) is 26.3. The van der Waals surface area contributed by atoms with Gasteiger partial charge in [-0.2, -0.15) is 10.1 Å². The molecule has 0 radical (unpaired) electrons. The fourth-order valence-corrected chi connectivity index (χ4v) is 5.17. The maximum Gasteiger partial charge on any atom is 0.272 e. The number of carbonyl (C=O) groups is 2. The number of fused-ring (bicyclic) bond motifs is 2. The number of H-pyrrole nitrogens is 1. The second-order valence-corrected chi connectivity index (χ2v) is 9.41. The Labute approximate surface area is 218 Å². The van der Waals surface area contributed by atoms with Crippen molar-refractivity contribution in [2.24, 2.45) is 0 Å². The van der Waals surface area contributed by atoms with Crippen molar-refractivity contribution >= 4 is 34.2 Å². The van der Waals surface area contributed by atoms with Crippen molar-refractivity contribution in [2.45, 2.75) is 24.9 Å². The number of hydrogen-bond donors (Lipinski definition) is 2. The maximum atomic E-state index is 13.5. The molecule has 4 aromatic rings. The lowest BCUT2D eigenvalue weighted by atomic mass is 9.82. The molecule has 4 heterocycles. The highest BCUT2D eigenvalue weighted by Crippen LogP contribution is 2.41. The lowest BCUT2D eigenvalue weighted by molar-refractivity contribution is -0.00583. The number of ether oxygens (including phenoxy) is 3. The first-order valence-electron chi connectivity index (χ1n) is 12.3. The highest BCUT2D eigenvalue weighted by atomic mass is 16.5. The number of aromatic nitrogens is 4. The molecule has 2 aromatic heterocycles. The summed E-state index contributed by atoms with van der Waals surface area (Å²) < 4.78 is 17.4. The molecule has 1 saturated heterocycles. The number of hydrogen-bond acceptors (Lipinski definition) is 9. The van der Waals surface area contributed by atoms with Crippen LogP contribution in [-0.2, 0) is 0 Å². The van der Waals surface area contributed by atoms with Crippen LogP contribution in [0.1, 0.15) is 40.1 Å². The minimum Gasteiger partial charge on any atom is -0.496 e. The van der Waals surface area contributed by atoms with Crippen LogP contribution in [0.2, 0.25) is 0 Å². The molecule has 6 rings (SSSR count). The van der Waals surface area contributed by atoms with Crippen molar-refractivity contribution in [3.05, 3.63) is 60.0 Å². The van der Waals surface area contributed by atoms with Gasteiger partial charge in [-0.1, -0.05) is 6.07 Å². The number of methoxy groups -OCH3 is 2. The van der Waals surface area contributed by atoms with Crippen LogP contribution in [0.25, 0.3) is 10.9 Å². The quantitative estimate of drug-likeness (QED) is 0.409. The largest absolute Gasteiger partial charge is 0.496 e. The number of likely N-dealkylation sites (tertiary alicyclic amines) is 1. The number of Topliss-reactive ketones (excluding diaryl/α,β-unsaturated/α-hetero) is 1. The van der Waals surface area contributed by atoms with Gasteiger partial charge in [-0.25, -0.2) is 10.1 Å². The third-order valence-corrected chi connectivity index (χ3v) is 7.15. The molecular weight excluding hydrogens is 488 g/mol. The summed E-state index contributed by atoms with van der Waals surface area (Å²) in [6.07, 6.45) is 2.73. The van der Waals surface area contributed by atoms with Crippen LogP contribution >= 0.6 is 0 Å². The van der Waals surface area contributed by atoms with Crippen LogP contribution in [0.4, 0.5) is 11.6 Å². The number of rotatable bonds is 5. The lowest BCUT2D eigenvalue weighted by Gasteiger charge is -2.44. The van der Waals surface area contributed by atoms with E-state index in [-0.39, 0.29) is 23.8 Å². The number of nitrogens with one attached hydrogen (secondary N) is 2. The van der Waals surface area contributed by atoms with Crippen molar-refractivity contribution in [1.29, 1.82) is 0 Å². The summed E-state index contributed by atoms with van der Waals surface area (Å²) in [6.45, 7) is 0.890. The zero-order valence-electron chi connectivity index (χ0n) is 21.0. The van der Waals surface area contributed by atoms with E-state index in [0.717, 1.165) is 5.39 Å². The summed E-state index contributed by atoms with van der Waals surface area (Å²) in [4.78, 5) is 37.0. The Morgan fingerprint density at radius 1 is 1.11 bits per heavy atom. The molecule has 1 spiro atoms. The van der Waals surface area contributed by atoms with E-state index in [0.29, 0.717) is 65.9 Å². The van der Waals surface area contributed by atoms with E-state index < -0.39 is 5.60 Å². The van der Waals surface area contributed by atoms with Crippen LogP contribution in [0, 0.1) is 0 Å². The van der Waals surface area contributed by atoms with E-state index >= 15 is 0 Å². The summed E-state index contributed by atoms with van der Waals surface area (Å²) in [6, 6.07) is 12.6. The molecule has 2 aliphatic rings. The van der Waals surface area contributed by atoms with E-state index in [2.05, 4.69) is 25.5 Å². The number of piperidine rings is 1. The highest BCUT2D eigenvalue weighted by Gasteiger charge is 2.44. The molecule has 11 nitrogen and oxygen atoms in total.